The van der Waals surface area contributed by atoms with Crippen molar-refractivity contribution in [2.24, 2.45) is 0 Å². The van der Waals surface area contributed by atoms with Crippen molar-refractivity contribution in [2.45, 2.75) is 13.8 Å². The van der Waals surface area contributed by atoms with Crippen molar-refractivity contribution in [1.29, 1.82) is 0 Å². The van der Waals surface area contributed by atoms with E-state index in [0.29, 0.717) is 0 Å². The van der Waals surface area contributed by atoms with Gasteiger partial charge in [-0.3, -0.25) is 9.59 Å². The molecule has 158 valence electrons. The van der Waals surface area contributed by atoms with Gasteiger partial charge < -0.3 is 42.1 Å². The number of para-hydroxylation sites is 4. The minimum atomic E-state index is -0.833. The third kappa shape index (κ3) is 27.4. The highest BCUT2D eigenvalue weighted by molar-refractivity contribution is 5.63. The van der Waals surface area contributed by atoms with Gasteiger partial charge in [0.1, 0.15) is 0 Å². The zero-order chi connectivity index (χ0) is 21.2. The van der Waals surface area contributed by atoms with Crippen molar-refractivity contribution in [1.82, 2.24) is 11.5 Å². The first-order chi connectivity index (χ1) is 12.6. The van der Waals surface area contributed by atoms with Crippen LogP contribution in [0.4, 0.5) is 0 Å². The molecule has 28 heavy (non-hydrogen) atoms. The number of benzene rings is 2. The second-order valence-corrected chi connectivity index (χ2v) is 4.77. The Balaban J connectivity index is -0.000000292. The van der Waals surface area contributed by atoms with E-state index in [1.165, 1.54) is 37.4 Å². The van der Waals surface area contributed by atoms with Crippen LogP contribution in [0, 0.1) is 0 Å². The van der Waals surface area contributed by atoms with Crippen LogP contribution in [0.5, 0.6) is 23.0 Å². The molecular weight excluding hydrogens is 372 g/mol. The van der Waals surface area contributed by atoms with Crippen LogP contribution >= 0.6 is 0 Å². The topological polar surface area (TPSA) is 212 Å². The van der Waals surface area contributed by atoms with Crippen LogP contribution in [-0.2, 0) is 9.59 Å². The number of rotatable bonds is 0. The first kappa shape index (κ1) is 29.3. The lowest BCUT2D eigenvalue weighted by Crippen LogP contribution is -1.78. The summed E-state index contributed by atoms with van der Waals surface area (Å²) in [6, 6.07) is 12.3. The van der Waals surface area contributed by atoms with Gasteiger partial charge in [-0.2, -0.15) is 0 Å². The Bertz CT molecular complexity index is 570. The number of aromatic hydroxyl groups is 4. The molecule has 0 aliphatic carbocycles. The molecule has 0 atom stereocenters. The van der Waals surface area contributed by atoms with Gasteiger partial charge in [0.15, 0.2) is 23.0 Å². The molecular formula is C18H28N2O8. The first-order valence-corrected chi connectivity index (χ1v) is 7.61. The lowest BCUT2D eigenvalue weighted by molar-refractivity contribution is -0.135. The Morgan fingerprint density at radius 1 is 0.679 bits per heavy atom. The highest BCUT2D eigenvalue weighted by atomic mass is 16.4. The molecule has 0 saturated carbocycles. The van der Waals surface area contributed by atoms with E-state index in [9.17, 15) is 0 Å². The smallest absolute Gasteiger partial charge is 0.300 e. The minimum absolute atomic E-state index is 0. The molecule has 0 radical (unpaired) electrons. The number of hydrogen-bond donors (Lipinski definition) is 8. The summed E-state index contributed by atoms with van der Waals surface area (Å²) in [5, 5.41) is 52.5. The third-order valence-corrected chi connectivity index (χ3v) is 2.01. The molecule has 0 aromatic heterocycles. The van der Waals surface area contributed by atoms with E-state index in [0.717, 1.165) is 13.8 Å². The van der Waals surface area contributed by atoms with Gasteiger partial charge in [0.05, 0.1) is 0 Å². The van der Waals surface area contributed by atoms with E-state index in [4.69, 9.17) is 40.2 Å². The average molecular weight is 400 g/mol. The Kier molecular flexibility index (Phi) is 19.1. The lowest BCUT2D eigenvalue weighted by atomic mass is 10.3. The standard InChI is InChI=1S/2C6H6O2.C2H5N.2C2H4O2.H3N/c2*7-5-3-1-2-4-6(5)8;1-2-3-1;2*1-2(3)4;/h2*1-4,7-8H;3H,1-2H2;2*1H3,(H,3,4);1H3. The van der Waals surface area contributed by atoms with Gasteiger partial charge in [0.2, 0.25) is 0 Å². The number of phenolic OH excluding ortho intramolecular Hbond substituents is 4. The number of aliphatic carboxylic acids is 2. The maximum atomic E-state index is 9.00. The normalized spacial score (nSPS) is 9.50. The van der Waals surface area contributed by atoms with Crippen LogP contribution in [0.15, 0.2) is 48.5 Å². The zero-order valence-corrected chi connectivity index (χ0v) is 15.7. The van der Waals surface area contributed by atoms with E-state index in [-0.39, 0.29) is 29.1 Å². The number of nitrogens with one attached hydrogen (secondary N) is 1. The van der Waals surface area contributed by atoms with Crippen molar-refractivity contribution in [3.05, 3.63) is 48.5 Å². The predicted molar refractivity (Wildman–Crippen MR) is 104 cm³/mol. The van der Waals surface area contributed by atoms with E-state index in [1.54, 1.807) is 24.3 Å². The Labute approximate surface area is 162 Å². The summed E-state index contributed by atoms with van der Waals surface area (Å²) in [4.78, 5) is 18.0. The van der Waals surface area contributed by atoms with Gasteiger partial charge in [-0.25, -0.2) is 0 Å². The van der Waals surface area contributed by atoms with Gasteiger partial charge in [0, 0.05) is 26.9 Å². The fourth-order valence-electron chi connectivity index (χ4n) is 0.928. The molecule has 3 rings (SSSR count). The first-order valence-electron chi connectivity index (χ1n) is 7.61. The van der Waals surface area contributed by atoms with Crippen LogP contribution in [0.3, 0.4) is 0 Å². The monoisotopic (exact) mass is 400 g/mol. The molecule has 0 amide bonds. The predicted octanol–water partition coefficient (Wildman–Crippen LogP) is 2.13. The highest BCUT2D eigenvalue weighted by Crippen LogP contribution is 2.21. The fourth-order valence-corrected chi connectivity index (χ4v) is 0.928. The largest absolute Gasteiger partial charge is 0.504 e. The number of carbonyl (C=O) groups is 2. The maximum Gasteiger partial charge on any atom is 0.300 e. The molecule has 2 aromatic carbocycles. The van der Waals surface area contributed by atoms with Crippen molar-refractivity contribution in [2.75, 3.05) is 13.1 Å². The highest BCUT2D eigenvalue weighted by Gasteiger charge is 1.91. The average Bonchev–Trinajstić information content (AvgIpc) is 3.42. The van der Waals surface area contributed by atoms with E-state index in [2.05, 4.69) is 5.32 Å². The Morgan fingerprint density at radius 2 is 0.821 bits per heavy atom. The molecule has 0 spiro atoms. The molecule has 1 aliphatic heterocycles. The molecule has 0 bridgehead atoms. The van der Waals surface area contributed by atoms with Crippen LogP contribution < -0.4 is 11.5 Å². The maximum absolute atomic E-state index is 9.00. The molecule has 1 saturated heterocycles. The van der Waals surface area contributed by atoms with Crippen molar-refractivity contribution < 1.29 is 40.2 Å². The lowest BCUT2D eigenvalue weighted by Gasteiger charge is -1.91. The molecule has 10 N–H and O–H groups in total. The Hall–Kier alpha value is -3.50. The van der Waals surface area contributed by atoms with Crippen LogP contribution in [0.2, 0.25) is 0 Å². The SMILES string of the molecule is C1CN1.CC(=O)O.CC(=O)O.N.Oc1ccccc1O.Oc1ccccc1O. The third-order valence-electron chi connectivity index (χ3n) is 2.01. The fraction of sp³-hybridized carbons (Fsp3) is 0.222. The molecule has 10 heteroatoms. The van der Waals surface area contributed by atoms with Crippen molar-refractivity contribution in [3.63, 3.8) is 0 Å². The van der Waals surface area contributed by atoms with Crippen molar-refractivity contribution >= 4 is 11.9 Å². The summed E-state index contributed by atoms with van der Waals surface area (Å²) in [5.74, 6) is -1.97. The molecule has 1 fully saturated rings. The zero-order valence-electron chi connectivity index (χ0n) is 15.7. The second-order valence-electron chi connectivity index (χ2n) is 4.77. The van der Waals surface area contributed by atoms with Gasteiger partial charge in [-0.15, -0.1) is 0 Å². The summed E-state index contributed by atoms with van der Waals surface area (Å²) in [6.45, 7) is 4.67. The van der Waals surface area contributed by atoms with Gasteiger partial charge in [-0.05, 0) is 24.3 Å². The Morgan fingerprint density at radius 3 is 0.893 bits per heavy atom. The summed E-state index contributed by atoms with van der Waals surface area (Å²) in [7, 11) is 0. The van der Waals surface area contributed by atoms with E-state index < -0.39 is 11.9 Å². The minimum Gasteiger partial charge on any atom is -0.504 e. The second kappa shape index (κ2) is 18.3. The molecule has 1 aliphatic rings. The van der Waals surface area contributed by atoms with Gasteiger partial charge in [0.25, 0.3) is 11.9 Å². The summed E-state index contributed by atoms with van der Waals surface area (Å²) in [5.41, 5.74) is 0. The molecule has 2 aromatic rings. The number of phenols is 4. The van der Waals surface area contributed by atoms with Crippen LogP contribution in [0.1, 0.15) is 13.8 Å². The van der Waals surface area contributed by atoms with Gasteiger partial charge >= 0.3 is 0 Å². The number of carboxylic acid groups (broad SMARTS) is 2. The van der Waals surface area contributed by atoms with Crippen molar-refractivity contribution in [3.8, 4) is 23.0 Å². The summed E-state index contributed by atoms with van der Waals surface area (Å²) < 4.78 is 0. The summed E-state index contributed by atoms with van der Waals surface area (Å²) in [6.07, 6.45) is 0. The molecule has 0 unspecified atom stereocenters. The van der Waals surface area contributed by atoms with E-state index in [1.807, 2.05) is 0 Å². The molecule has 1 heterocycles. The van der Waals surface area contributed by atoms with Gasteiger partial charge in [-0.1, -0.05) is 24.3 Å². The molecule has 10 nitrogen and oxygen atoms in total. The summed E-state index contributed by atoms with van der Waals surface area (Å²) >= 11 is 0. The number of carboxylic acids is 2. The number of hydrogen-bond acceptors (Lipinski definition) is 8. The van der Waals surface area contributed by atoms with E-state index >= 15 is 0 Å². The van der Waals surface area contributed by atoms with Crippen LogP contribution in [-0.4, -0.2) is 55.7 Å². The van der Waals surface area contributed by atoms with Crippen LogP contribution in [0.25, 0.3) is 0 Å². The quantitative estimate of drug-likeness (QED) is 0.238.